The van der Waals surface area contributed by atoms with Gasteiger partial charge < -0.3 is 0 Å². The molecule has 2 aromatic heterocycles. The summed E-state index contributed by atoms with van der Waals surface area (Å²) in [5.74, 6) is -0.228. The van der Waals surface area contributed by atoms with Gasteiger partial charge in [0.1, 0.15) is 5.82 Å². The highest BCUT2D eigenvalue weighted by molar-refractivity contribution is 7.14. The fourth-order valence-electron chi connectivity index (χ4n) is 3.63. The molecule has 0 saturated carbocycles. The zero-order valence-electron chi connectivity index (χ0n) is 16.7. The SMILES string of the molecule is Cc1ccc(-c2csc(N3N=C(c4cccs4)C[C@H]3c3ccc(F)cc3)n2)cc1C. The van der Waals surface area contributed by atoms with Crippen LogP contribution in [0.1, 0.15) is 34.0 Å². The Morgan fingerprint density at radius 1 is 1.00 bits per heavy atom. The highest BCUT2D eigenvalue weighted by Crippen LogP contribution is 2.40. The molecule has 0 fully saturated rings. The molecule has 0 saturated heterocycles. The molecular formula is C24H20FN3S2. The van der Waals surface area contributed by atoms with E-state index in [1.807, 2.05) is 23.2 Å². The molecule has 0 amide bonds. The van der Waals surface area contributed by atoms with Crippen molar-refractivity contribution in [2.24, 2.45) is 5.10 Å². The van der Waals surface area contributed by atoms with E-state index in [1.165, 1.54) is 23.3 Å². The first-order valence-electron chi connectivity index (χ1n) is 9.78. The topological polar surface area (TPSA) is 28.5 Å². The van der Waals surface area contributed by atoms with Crippen LogP contribution in [0.25, 0.3) is 11.3 Å². The Morgan fingerprint density at radius 3 is 2.57 bits per heavy atom. The van der Waals surface area contributed by atoms with Gasteiger partial charge in [-0.15, -0.1) is 22.7 Å². The van der Waals surface area contributed by atoms with E-state index < -0.39 is 0 Å². The second-order valence-corrected chi connectivity index (χ2v) is 9.24. The molecule has 0 radical (unpaired) electrons. The van der Waals surface area contributed by atoms with Gasteiger partial charge in [0.05, 0.1) is 22.3 Å². The van der Waals surface area contributed by atoms with Gasteiger partial charge in [-0.1, -0.05) is 30.3 Å². The summed E-state index contributed by atoms with van der Waals surface area (Å²) in [6.07, 6.45) is 0.769. The molecule has 0 aliphatic carbocycles. The number of benzene rings is 2. The number of hydrazone groups is 1. The van der Waals surface area contributed by atoms with Gasteiger partial charge in [0.25, 0.3) is 0 Å². The Labute approximate surface area is 183 Å². The van der Waals surface area contributed by atoms with E-state index in [2.05, 4.69) is 48.9 Å². The average Bonchev–Trinajstić information content (AvgIpc) is 3.50. The first kappa shape index (κ1) is 19.2. The van der Waals surface area contributed by atoms with Crippen molar-refractivity contribution in [2.75, 3.05) is 5.01 Å². The molecule has 1 aliphatic rings. The second-order valence-electron chi connectivity index (χ2n) is 7.45. The summed E-state index contributed by atoms with van der Waals surface area (Å²) >= 11 is 3.28. The fraction of sp³-hybridized carbons (Fsp3) is 0.167. The summed E-state index contributed by atoms with van der Waals surface area (Å²) in [5.41, 5.74) is 6.67. The van der Waals surface area contributed by atoms with Crippen molar-refractivity contribution in [3.63, 3.8) is 0 Å². The monoisotopic (exact) mass is 433 g/mol. The lowest BCUT2D eigenvalue weighted by molar-refractivity contribution is 0.624. The largest absolute Gasteiger partial charge is 0.231 e. The summed E-state index contributed by atoms with van der Waals surface area (Å²) in [4.78, 5) is 6.07. The highest BCUT2D eigenvalue weighted by atomic mass is 32.1. The number of anilines is 1. The van der Waals surface area contributed by atoms with Gasteiger partial charge in [-0.2, -0.15) is 5.10 Å². The van der Waals surface area contributed by atoms with Crippen LogP contribution >= 0.6 is 22.7 Å². The molecule has 30 heavy (non-hydrogen) atoms. The van der Waals surface area contributed by atoms with Crippen molar-refractivity contribution in [1.82, 2.24) is 4.98 Å². The quantitative estimate of drug-likeness (QED) is 0.347. The third kappa shape index (κ3) is 3.57. The van der Waals surface area contributed by atoms with E-state index in [4.69, 9.17) is 10.1 Å². The molecule has 0 bridgehead atoms. The lowest BCUT2D eigenvalue weighted by Crippen LogP contribution is -2.18. The minimum atomic E-state index is -0.228. The van der Waals surface area contributed by atoms with Gasteiger partial charge >= 0.3 is 0 Å². The Kier molecular flexibility index (Phi) is 4.97. The van der Waals surface area contributed by atoms with Crippen molar-refractivity contribution in [3.8, 4) is 11.3 Å². The summed E-state index contributed by atoms with van der Waals surface area (Å²) in [6.45, 7) is 4.23. The van der Waals surface area contributed by atoms with Gasteiger partial charge in [-0.05, 0) is 60.2 Å². The Bertz CT molecular complexity index is 1210. The van der Waals surface area contributed by atoms with Crippen LogP contribution in [0.2, 0.25) is 0 Å². The standard InChI is InChI=1S/C24H20FN3S2/c1-15-5-6-18(12-16(15)2)21-14-30-24(26-21)28-22(17-7-9-19(25)10-8-17)13-20(27-28)23-4-3-11-29-23/h3-12,14,22H,13H2,1-2H3/t22-/m0/s1. The summed E-state index contributed by atoms with van der Waals surface area (Å²) in [7, 11) is 0. The lowest BCUT2D eigenvalue weighted by atomic mass is 10.0. The van der Waals surface area contributed by atoms with Crippen LogP contribution in [0.15, 0.2) is 70.5 Å². The van der Waals surface area contributed by atoms with Crippen LogP contribution in [-0.4, -0.2) is 10.7 Å². The number of hydrogen-bond acceptors (Lipinski definition) is 5. The van der Waals surface area contributed by atoms with Crippen molar-refractivity contribution < 1.29 is 4.39 Å². The third-order valence-electron chi connectivity index (χ3n) is 5.46. The van der Waals surface area contributed by atoms with Crippen LogP contribution in [0.5, 0.6) is 0 Å². The number of aromatic nitrogens is 1. The lowest BCUT2D eigenvalue weighted by Gasteiger charge is -2.21. The molecule has 5 rings (SSSR count). The van der Waals surface area contributed by atoms with E-state index in [9.17, 15) is 4.39 Å². The zero-order valence-corrected chi connectivity index (χ0v) is 18.3. The van der Waals surface area contributed by atoms with Gasteiger partial charge in [0.15, 0.2) is 0 Å². The number of aryl methyl sites for hydroxylation is 2. The zero-order chi connectivity index (χ0) is 20.7. The predicted molar refractivity (Wildman–Crippen MR) is 124 cm³/mol. The number of rotatable bonds is 4. The molecule has 2 aromatic carbocycles. The molecule has 4 aromatic rings. The maximum Gasteiger partial charge on any atom is 0.207 e. The Balaban J connectivity index is 1.53. The fourth-order valence-corrected chi connectivity index (χ4v) is 5.18. The summed E-state index contributed by atoms with van der Waals surface area (Å²) < 4.78 is 13.5. The second kappa shape index (κ2) is 7.78. The normalized spacial score (nSPS) is 16.2. The number of hydrogen-bond donors (Lipinski definition) is 0. The van der Waals surface area contributed by atoms with Crippen LogP contribution in [0.3, 0.4) is 0 Å². The van der Waals surface area contributed by atoms with Gasteiger partial charge in [-0.25, -0.2) is 14.4 Å². The minimum absolute atomic E-state index is 0.00135. The first-order valence-corrected chi connectivity index (χ1v) is 11.5. The third-order valence-corrected chi connectivity index (χ3v) is 7.21. The van der Waals surface area contributed by atoms with Crippen molar-refractivity contribution >= 4 is 33.5 Å². The number of halogens is 1. The van der Waals surface area contributed by atoms with Crippen LogP contribution in [0.4, 0.5) is 9.52 Å². The smallest absolute Gasteiger partial charge is 0.207 e. The van der Waals surface area contributed by atoms with Gasteiger partial charge in [-0.3, -0.25) is 0 Å². The van der Waals surface area contributed by atoms with Crippen LogP contribution in [-0.2, 0) is 0 Å². The maximum absolute atomic E-state index is 13.5. The van der Waals surface area contributed by atoms with Gasteiger partial charge in [0.2, 0.25) is 5.13 Å². The van der Waals surface area contributed by atoms with Crippen LogP contribution in [0, 0.1) is 19.7 Å². The Morgan fingerprint density at radius 2 is 1.83 bits per heavy atom. The molecule has 3 nitrogen and oxygen atoms in total. The number of thiazole rings is 1. The summed E-state index contributed by atoms with van der Waals surface area (Å²) in [5, 5.41) is 11.9. The molecular weight excluding hydrogens is 413 g/mol. The van der Waals surface area contributed by atoms with E-state index in [0.29, 0.717) is 0 Å². The highest BCUT2D eigenvalue weighted by Gasteiger charge is 2.32. The van der Waals surface area contributed by atoms with E-state index >= 15 is 0 Å². The molecule has 150 valence electrons. The van der Waals surface area contributed by atoms with E-state index in [1.54, 1.807) is 22.7 Å². The molecule has 1 atom stereocenters. The van der Waals surface area contributed by atoms with Crippen molar-refractivity contribution in [3.05, 3.63) is 92.7 Å². The average molecular weight is 434 g/mol. The molecule has 6 heteroatoms. The van der Waals surface area contributed by atoms with E-state index in [0.717, 1.165) is 39.0 Å². The first-order chi connectivity index (χ1) is 14.6. The van der Waals surface area contributed by atoms with Crippen molar-refractivity contribution in [1.29, 1.82) is 0 Å². The Hall–Kier alpha value is -2.83. The molecule has 0 spiro atoms. The molecule has 0 unspecified atom stereocenters. The minimum Gasteiger partial charge on any atom is -0.231 e. The molecule has 1 aliphatic heterocycles. The maximum atomic E-state index is 13.5. The van der Waals surface area contributed by atoms with Gasteiger partial charge in [0, 0.05) is 17.4 Å². The molecule has 0 N–H and O–H groups in total. The van der Waals surface area contributed by atoms with E-state index in [-0.39, 0.29) is 11.9 Å². The van der Waals surface area contributed by atoms with Crippen molar-refractivity contribution in [2.45, 2.75) is 26.3 Å². The summed E-state index contributed by atoms with van der Waals surface area (Å²) in [6, 6.07) is 17.3. The number of thiophene rings is 1. The predicted octanol–water partition coefficient (Wildman–Crippen LogP) is 6.98. The molecule has 3 heterocycles. The van der Waals surface area contributed by atoms with Crippen LogP contribution < -0.4 is 5.01 Å². The number of nitrogens with zero attached hydrogens (tertiary/aromatic N) is 3.